The maximum absolute atomic E-state index is 5.95. The number of para-hydroxylation sites is 1. The fourth-order valence-corrected chi connectivity index (χ4v) is 3.58. The van der Waals surface area contributed by atoms with E-state index in [0.29, 0.717) is 17.9 Å². The number of halogens is 2. The minimum absolute atomic E-state index is 0. The van der Waals surface area contributed by atoms with E-state index < -0.39 is 0 Å². The molecule has 142 valence electrons. The van der Waals surface area contributed by atoms with Crippen LogP contribution in [0.5, 0.6) is 0 Å². The Morgan fingerprint density at radius 3 is 2.12 bits per heavy atom. The lowest BCUT2D eigenvalue weighted by Crippen LogP contribution is -2.47. The van der Waals surface area contributed by atoms with Crippen LogP contribution in [0.2, 0.25) is 0 Å². The molecule has 2 heterocycles. The van der Waals surface area contributed by atoms with Crippen LogP contribution in [0.3, 0.4) is 0 Å². The third kappa shape index (κ3) is 4.31. The number of nitrogens with zero attached hydrogens (tertiary/aromatic N) is 4. The first-order valence-electron chi connectivity index (χ1n) is 8.64. The first-order valence-corrected chi connectivity index (χ1v) is 8.64. The van der Waals surface area contributed by atoms with E-state index in [2.05, 4.69) is 56.2 Å². The van der Waals surface area contributed by atoms with Crippen molar-refractivity contribution in [3.8, 4) is 0 Å². The molecule has 0 unspecified atom stereocenters. The highest BCUT2D eigenvalue weighted by Crippen LogP contribution is 2.36. The number of aromatic nitrogens is 2. The van der Waals surface area contributed by atoms with Gasteiger partial charge in [0.1, 0.15) is 5.82 Å². The van der Waals surface area contributed by atoms with Crippen molar-refractivity contribution in [3.05, 3.63) is 42.1 Å². The van der Waals surface area contributed by atoms with Gasteiger partial charge >= 0.3 is 0 Å². The van der Waals surface area contributed by atoms with Gasteiger partial charge in [0.15, 0.2) is 0 Å². The van der Waals surface area contributed by atoms with Crippen LogP contribution in [0.4, 0.5) is 17.5 Å². The monoisotopic (exact) mass is 396 g/mol. The fraction of sp³-hybridized carbons (Fsp3) is 0.444. The second-order valence-electron chi connectivity index (χ2n) is 6.75. The first-order chi connectivity index (χ1) is 11.7. The number of nitrogen functional groups attached to an aromatic ring is 1. The van der Waals surface area contributed by atoms with E-state index in [9.17, 15) is 0 Å². The van der Waals surface area contributed by atoms with E-state index in [1.54, 1.807) is 0 Å². The van der Waals surface area contributed by atoms with Crippen molar-refractivity contribution >= 4 is 42.3 Å². The zero-order chi connectivity index (χ0) is 16.5. The Morgan fingerprint density at radius 2 is 1.50 bits per heavy atom. The lowest BCUT2D eigenvalue weighted by atomic mass is 9.78. The molecule has 1 aromatic heterocycles. The van der Waals surface area contributed by atoms with Gasteiger partial charge in [-0.3, -0.25) is 0 Å². The molecule has 0 bridgehead atoms. The third-order valence-electron chi connectivity index (χ3n) is 5.07. The number of anilines is 3. The average molecular weight is 397 g/mol. The molecule has 1 saturated carbocycles. The Kier molecular flexibility index (Phi) is 6.92. The number of rotatable bonds is 3. The van der Waals surface area contributed by atoms with Gasteiger partial charge in [0.05, 0.1) is 5.69 Å². The van der Waals surface area contributed by atoms with Crippen molar-refractivity contribution in [2.24, 2.45) is 5.73 Å². The maximum Gasteiger partial charge on any atom is 0.222 e. The largest absolute Gasteiger partial charge is 0.368 e. The van der Waals surface area contributed by atoms with Gasteiger partial charge in [0.25, 0.3) is 0 Å². The van der Waals surface area contributed by atoms with E-state index in [1.807, 2.05) is 0 Å². The predicted octanol–water partition coefficient (Wildman–Crippen LogP) is 2.43. The molecule has 1 saturated heterocycles. The standard InChI is InChI=1S/C18H24N6.2ClH/c19-14-10-13(11-14)16-12-17(22-18(20)21-16)24-8-6-23(7-9-24)15-4-2-1-3-5-15;;/h1-5,12-14H,6-11,19H2,(H2,20,21,22);2*1H. The van der Waals surface area contributed by atoms with Gasteiger partial charge in [-0.25, -0.2) is 4.98 Å². The highest BCUT2D eigenvalue weighted by Gasteiger charge is 2.29. The summed E-state index contributed by atoms with van der Waals surface area (Å²) in [5.74, 6) is 1.76. The molecule has 0 amide bonds. The molecule has 2 fully saturated rings. The van der Waals surface area contributed by atoms with E-state index in [-0.39, 0.29) is 24.8 Å². The molecular formula is C18H26Cl2N6. The molecule has 2 aliphatic rings. The van der Waals surface area contributed by atoms with Crippen molar-refractivity contribution < 1.29 is 0 Å². The van der Waals surface area contributed by atoms with Gasteiger partial charge in [-0.1, -0.05) is 18.2 Å². The molecule has 6 nitrogen and oxygen atoms in total. The Hall–Kier alpha value is -1.76. The lowest BCUT2D eigenvalue weighted by Gasteiger charge is -2.37. The van der Waals surface area contributed by atoms with Crippen LogP contribution in [-0.4, -0.2) is 42.2 Å². The molecule has 4 rings (SSSR count). The number of hydrogen-bond acceptors (Lipinski definition) is 6. The molecule has 1 aliphatic heterocycles. The quantitative estimate of drug-likeness (QED) is 0.828. The van der Waals surface area contributed by atoms with Crippen molar-refractivity contribution in [1.82, 2.24) is 9.97 Å². The van der Waals surface area contributed by atoms with Gasteiger partial charge in [0, 0.05) is 49.9 Å². The van der Waals surface area contributed by atoms with Crippen LogP contribution < -0.4 is 21.3 Å². The summed E-state index contributed by atoms with van der Waals surface area (Å²) in [5.41, 5.74) is 14.2. The Balaban J connectivity index is 0.00000121. The molecule has 8 heteroatoms. The molecule has 4 N–H and O–H groups in total. The SMILES string of the molecule is Cl.Cl.Nc1nc(C2CC(N)C2)cc(N2CCN(c3ccccc3)CC2)n1. The summed E-state index contributed by atoms with van der Waals surface area (Å²) in [6, 6.07) is 13.0. The van der Waals surface area contributed by atoms with Crippen molar-refractivity contribution in [1.29, 1.82) is 0 Å². The van der Waals surface area contributed by atoms with Gasteiger partial charge < -0.3 is 21.3 Å². The first kappa shape index (κ1) is 20.6. The van der Waals surface area contributed by atoms with Crippen LogP contribution >= 0.6 is 24.8 Å². The summed E-state index contributed by atoms with van der Waals surface area (Å²) in [7, 11) is 0. The minimum atomic E-state index is 0. The highest BCUT2D eigenvalue weighted by molar-refractivity contribution is 5.85. The number of piperazine rings is 1. The smallest absolute Gasteiger partial charge is 0.222 e. The molecule has 0 spiro atoms. The van der Waals surface area contributed by atoms with E-state index in [1.165, 1.54) is 5.69 Å². The van der Waals surface area contributed by atoms with Crippen LogP contribution in [0.1, 0.15) is 24.5 Å². The van der Waals surface area contributed by atoms with E-state index in [4.69, 9.17) is 11.5 Å². The third-order valence-corrected chi connectivity index (χ3v) is 5.07. The molecule has 26 heavy (non-hydrogen) atoms. The zero-order valence-corrected chi connectivity index (χ0v) is 16.3. The molecule has 1 aromatic carbocycles. The predicted molar refractivity (Wildman–Crippen MR) is 112 cm³/mol. The van der Waals surface area contributed by atoms with Gasteiger partial charge in [-0.05, 0) is 25.0 Å². The minimum Gasteiger partial charge on any atom is -0.368 e. The Morgan fingerprint density at radius 1 is 0.885 bits per heavy atom. The van der Waals surface area contributed by atoms with Gasteiger partial charge in [-0.15, -0.1) is 24.8 Å². The molecule has 1 aliphatic carbocycles. The molecule has 0 atom stereocenters. The number of nitrogens with two attached hydrogens (primary N) is 2. The summed E-state index contributed by atoms with van der Waals surface area (Å²) >= 11 is 0. The Labute approximate surface area is 166 Å². The maximum atomic E-state index is 5.95. The van der Waals surface area contributed by atoms with Crippen molar-refractivity contribution in [3.63, 3.8) is 0 Å². The summed E-state index contributed by atoms with van der Waals surface area (Å²) < 4.78 is 0. The van der Waals surface area contributed by atoms with Gasteiger partial charge in [0.2, 0.25) is 5.95 Å². The van der Waals surface area contributed by atoms with Crippen LogP contribution in [0.25, 0.3) is 0 Å². The summed E-state index contributed by atoms with van der Waals surface area (Å²) in [6.45, 7) is 3.85. The fourth-order valence-electron chi connectivity index (χ4n) is 3.58. The lowest BCUT2D eigenvalue weighted by molar-refractivity contribution is 0.345. The topological polar surface area (TPSA) is 84.3 Å². The molecular weight excluding hydrogens is 371 g/mol. The summed E-state index contributed by atoms with van der Waals surface area (Å²) in [5, 5.41) is 0. The number of hydrogen-bond donors (Lipinski definition) is 2. The van der Waals surface area contributed by atoms with E-state index >= 15 is 0 Å². The van der Waals surface area contributed by atoms with Crippen LogP contribution in [0, 0.1) is 0 Å². The Bertz CT molecular complexity index is 700. The second kappa shape index (κ2) is 8.75. The average Bonchev–Trinajstić information content (AvgIpc) is 2.59. The highest BCUT2D eigenvalue weighted by atomic mass is 35.5. The molecule has 0 radical (unpaired) electrons. The van der Waals surface area contributed by atoms with Crippen LogP contribution in [0.15, 0.2) is 36.4 Å². The second-order valence-corrected chi connectivity index (χ2v) is 6.75. The van der Waals surface area contributed by atoms with Gasteiger partial charge in [-0.2, -0.15) is 4.98 Å². The van der Waals surface area contributed by atoms with Crippen LogP contribution in [-0.2, 0) is 0 Å². The summed E-state index contributed by atoms with van der Waals surface area (Å²) in [4.78, 5) is 13.6. The molecule has 2 aromatic rings. The van der Waals surface area contributed by atoms with Crippen molar-refractivity contribution in [2.75, 3.05) is 41.7 Å². The zero-order valence-electron chi connectivity index (χ0n) is 14.6. The summed E-state index contributed by atoms with van der Waals surface area (Å²) in [6.07, 6.45) is 2.00. The number of benzene rings is 1. The normalized spacial score (nSPS) is 22.0. The van der Waals surface area contributed by atoms with E-state index in [0.717, 1.165) is 50.5 Å². The van der Waals surface area contributed by atoms with Crippen molar-refractivity contribution in [2.45, 2.75) is 24.8 Å².